The molecule has 0 unspecified atom stereocenters. The molecule has 2 fully saturated rings. The van der Waals surface area contributed by atoms with Crippen LogP contribution >= 0.6 is 22.7 Å². The minimum absolute atomic E-state index is 0.0630. The lowest BCUT2D eigenvalue weighted by molar-refractivity contribution is -0.145. The van der Waals surface area contributed by atoms with Crippen molar-refractivity contribution in [2.45, 2.75) is 117 Å². The van der Waals surface area contributed by atoms with Crippen molar-refractivity contribution < 1.29 is 75.8 Å². The molecule has 6 amide bonds. The van der Waals surface area contributed by atoms with Crippen LogP contribution in [0.2, 0.25) is 0 Å². The number of amides is 6. The average molecular weight is 1230 g/mol. The van der Waals surface area contributed by atoms with Gasteiger partial charge in [-0.3, -0.25) is 28.8 Å². The summed E-state index contributed by atoms with van der Waals surface area (Å²) in [5.74, 6) is -3.97. The summed E-state index contributed by atoms with van der Waals surface area (Å²) in [6.07, 6.45) is -6.48. The fraction of sp³-hybridized carbons (Fsp3) is 0.593. The van der Waals surface area contributed by atoms with Gasteiger partial charge in [0.15, 0.2) is 12.3 Å². The normalized spacial score (nSPS) is 19.6. The van der Waals surface area contributed by atoms with Crippen molar-refractivity contribution in [3.63, 3.8) is 0 Å². The molecule has 0 radical (unpaired) electrons. The SMILES string of the molecule is CO[C@H]1CN(C(=O)[C@@H](NC(=O)COCCOCCOCCOCCOCCOCC(=O)N[C@H](C(=O)N2C[C@H](O)[C@H](F)[C@H]2C(=O)NCc2ccc(-c3scnc3C)cc2)C(C)(C)C)C(C)(C)C)[C@H](C(=O)NCc2ccc(-c3scnc3C)cc2)[C@H]1F. The summed E-state index contributed by atoms with van der Waals surface area (Å²) in [6, 6.07) is 9.70. The third-order valence-electron chi connectivity index (χ3n) is 14.2. The quantitative estimate of drug-likeness (QED) is 0.0431. The Balaban J connectivity index is 0.784. The van der Waals surface area contributed by atoms with Crippen molar-refractivity contribution in [2.24, 2.45) is 10.8 Å². The van der Waals surface area contributed by atoms with Gasteiger partial charge in [0.05, 0.1) is 111 Å². The number of aliphatic hydroxyl groups is 1. The lowest BCUT2D eigenvalue weighted by Crippen LogP contribution is -2.59. The van der Waals surface area contributed by atoms with Crippen LogP contribution in [0.1, 0.15) is 64.1 Å². The molecule has 2 aliphatic rings. The zero-order valence-electron chi connectivity index (χ0n) is 49.8. The lowest BCUT2D eigenvalue weighted by Gasteiger charge is -2.35. The van der Waals surface area contributed by atoms with Gasteiger partial charge >= 0.3 is 0 Å². The van der Waals surface area contributed by atoms with Crippen molar-refractivity contribution in [3.05, 3.63) is 82.1 Å². The standard InChI is InChI=1S/C59H82F2N8O14S2/c1-36-50(84-34-64-36)40-14-10-38(11-15-40)28-62-54(73)48-46(60)42(70)30-68(48)56(75)52(58(3,4)5)66-44(71)32-82-26-24-80-22-20-78-18-19-79-21-23-81-25-27-83-33-45(72)67-53(59(6,7)8)57(76)69-31-43(77-9)47(61)49(69)55(74)63-29-39-12-16-41(17-13-39)51-37(2)65-35-85-51/h10-17,34-35,42-43,46-49,52-53,70H,18-33H2,1-9H3,(H,62,73)(H,63,74)(H,66,71)(H,67,72)/t42-,43-,46-,47-,48-,49-,52+,53+/m0/s1. The molecule has 468 valence electrons. The van der Waals surface area contributed by atoms with Gasteiger partial charge in [-0.25, -0.2) is 18.7 Å². The van der Waals surface area contributed by atoms with Crippen molar-refractivity contribution in [3.8, 4) is 20.9 Å². The van der Waals surface area contributed by atoms with Gasteiger partial charge in [-0.05, 0) is 46.9 Å². The maximum Gasteiger partial charge on any atom is 0.246 e. The Morgan fingerprint density at radius 3 is 1.27 bits per heavy atom. The highest BCUT2D eigenvalue weighted by Gasteiger charge is 2.52. The van der Waals surface area contributed by atoms with E-state index < -0.39 is 108 Å². The van der Waals surface area contributed by atoms with E-state index in [0.29, 0.717) is 6.61 Å². The highest BCUT2D eigenvalue weighted by atomic mass is 32.1. The number of benzene rings is 2. The molecule has 2 aromatic carbocycles. The fourth-order valence-electron chi connectivity index (χ4n) is 9.47. The van der Waals surface area contributed by atoms with Crippen LogP contribution in [-0.2, 0) is 75.0 Å². The number of hydrogen-bond acceptors (Lipinski definition) is 18. The van der Waals surface area contributed by atoms with Crippen LogP contribution in [0.5, 0.6) is 0 Å². The van der Waals surface area contributed by atoms with Gasteiger partial charge in [-0.1, -0.05) is 90.1 Å². The zero-order valence-corrected chi connectivity index (χ0v) is 51.5. The van der Waals surface area contributed by atoms with E-state index in [-0.39, 0.29) is 85.7 Å². The fourth-order valence-corrected chi connectivity index (χ4v) is 11.1. The number of alkyl halides is 2. The Morgan fingerprint density at radius 2 is 0.929 bits per heavy atom. The van der Waals surface area contributed by atoms with Crippen molar-refractivity contribution >= 4 is 58.1 Å². The van der Waals surface area contributed by atoms with Gasteiger partial charge in [0.25, 0.3) is 0 Å². The lowest BCUT2D eigenvalue weighted by atomic mass is 9.85. The number of aliphatic hydroxyl groups excluding tert-OH is 1. The van der Waals surface area contributed by atoms with E-state index in [1.165, 1.54) is 29.8 Å². The molecular weight excluding hydrogens is 1150 g/mol. The summed E-state index contributed by atoms with van der Waals surface area (Å²) >= 11 is 3.05. The number of halogens is 2. The molecule has 5 N–H and O–H groups in total. The van der Waals surface area contributed by atoms with Gasteiger partial charge in [0.1, 0.15) is 49.6 Å². The van der Waals surface area contributed by atoms with Crippen LogP contribution in [-0.4, -0.2) is 209 Å². The molecule has 4 heterocycles. The summed E-state index contributed by atoms with van der Waals surface area (Å²) in [7, 11) is 1.32. The van der Waals surface area contributed by atoms with Crippen LogP contribution in [0.15, 0.2) is 59.6 Å². The van der Waals surface area contributed by atoms with Gasteiger partial charge in [0, 0.05) is 20.2 Å². The molecule has 4 aromatic rings. The van der Waals surface area contributed by atoms with Crippen LogP contribution in [0.25, 0.3) is 20.9 Å². The van der Waals surface area contributed by atoms with Gasteiger partial charge in [-0.2, -0.15) is 0 Å². The molecular formula is C59H82F2N8O14S2. The smallest absolute Gasteiger partial charge is 0.246 e. The topological polar surface area (TPSA) is 268 Å². The number of thiazole rings is 2. The van der Waals surface area contributed by atoms with Crippen LogP contribution < -0.4 is 21.3 Å². The first-order valence-corrected chi connectivity index (χ1v) is 29.9. The number of carbonyl (C=O) groups is 6. The number of hydrogen-bond donors (Lipinski definition) is 5. The number of carbonyl (C=O) groups excluding carboxylic acids is 6. The largest absolute Gasteiger partial charge is 0.388 e. The Morgan fingerprint density at radius 1 is 0.576 bits per heavy atom. The third kappa shape index (κ3) is 19.8. The molecule has 2 aliphatic heterocycles. The maximum atomic E-state index is 15.8. The molecule has 0 aliphatic carbocycles. The highest BCUT2D eigenvalue weighted by Crippen LogP contribution is 2.32. The summed E-state index contributed by atoms with van der Waals surface area (Å²) in [4.78, 5) is 93.8. The predicted octanol–water partition coefficient (Wildman–Crippen LogP) is 4.12. The summed E-state index contributed by atoms with van der Waals surface area (Å²) in [6.45, 7) is 15.1. The van der Waals surface area contributed by atoms with E-state index in [2.05, 4.69) is 31.2 Å². The van der Waals surface area contributed by atoms with E-state index >= 15 is 8.78 Å². The Labute approximate surface area is 503 Å². The van der Waals surface area contributed by atoms with E-state index in [1.54, 1.807) is 52.6 Å². The van der Waals surface area contributed by atoms with E-state index in [1.807, 2.05) is 62.4 Å². The van der Waals surface area contributed by atoms with Crippen LogP contribution in [0, 0.1) is 24.7 Å². The molecule has 26 heteroatoms. The molecule has 6 rings (SSSR count). The molecule has 85 heavy (non-hydrogen) atoms. The Kier molecular flexibility index (Phi) is 26.2. The number of aryl methyl sites for hydroxylation is 2. The minimum Gasteiger partial charge on any atom is -0.388 e. The molecule has 0 bridgehead atoms. The Bertz CT molecular complexity index is 2800. The molecule has 2 aromatic heterocycles. The number of aromatic nitrogens is 2. The Hall–Kier alpha value is -5.94. The minimum atomic E-state index is -2.04. The second-order valence-electron chi connectivity index (χ2n) is 22.8. The van der Waals surface area contributed by atoms with Gasteiger partial charge in [-0.15, -0.1) is 22.7 Å². The second kappa shape index (κ2) is 32.7. The van der Waals surface area contributed by atoms with Crippen LogP contribution in [0.4, 0.5) is 8.78 Å². The number of likely N-dealkylation sites (tertiary alicyclic amines) is 2. The van der Waals surface area contributed by atoms with Crippen molar-refractivity contribution in [1.29, 1.82) is 0 Å². The van der Waals surface area contributed by atoms with Crippen LogP contribution in [0.3, 0.4) is 0 Å². The molecule has 8 atom stereocenters. The van der Waals surface area contributed by atoms with Gasteiger partial charge < -0.3 is 69.3 Å². The summed E-state index contributed by atoms with van der Waals surface area (Å²) in [5, 5.41) is 21.3. The summed E-state index contributed by atoms with van der Waals surface area (Å²) < 4.78 is 69.6. The second-order valence-corrected chi connectivity index (χ2v) is 24.5. The first kappa shape index (κ1) is 68.2. The zero-order chi connectivity index (χ0) is 61.8. The van der Waals surface area contributed by atoms with Gasteiger partial charge in [0.2, 0.25) is 35.4 Å². The number of nitrogens with one attached hydrogen (secondary N) is 4. The highest BCUT2D eigenvalue weighted by molar-refractivity contribution is 7.13. The number of ether oxygens (including phenoxy) is 7. The number of rotatable bonds is 32. The van der Waals surface area contributed by atoms with E-state index in [0.717, 1.165) is 53.2 Å². The summed E-state index contributed by atoms with van der Waals surface area (Å²) in [5.41, 5.74) is 7.19. The number of nitrogens with zero attached hydrogens (tertiary/aromatic N) is 4. The average Bonchev–Trinajstić information content (AvgIpc) is 3.10. The monoisotopic (exact) mass is 1230 g/mol. The van der Waals surface area contributed by atoms with E-state index in [9.17, 15) is 33.9 Å². The third-order valence-corrected chi connectivity index (χ3v) is 16.1. The molecule has 0 spiro atoms. The predicted molar refractivity (Wildman–Crippen MR) is 314 cm³/mol. The first-order chi connectivity index (χ1) is 40.5. The van der Waals surface area contributed by atoms with E-state index in [4.69, 9.17) is 33.2 Å². The molecule has 0 saturated carbocycles. The molecule has 2 saturated heterocycles. The van der Waals surface area contributed by atoms with Crippen molar-refractivity contribution in [2.75, 3.05) is 99.5 Å². The number of β-amino-alcohol motifs (C(OH)–C–C–N with tert-alkyl or cyclic N) is 1. The van der Waals surface area contributed by atoms with Crippen molar-refractivity contribution in [1.82, 2.24) is 41.0 Å². The molecule has 22 nitrogen and oxygen atoms in total. The first-order valence-electron chi connectivity index (χ1n) is 28.2. The maximum absolute atomic E-state index is 15.8. The number of methoxy groups -OCH3 is 1.